The Morgan fingerprint density at radius 2 is 1.92 bits per heavy atom. The highest BCUT2D eigenvalue weighted by molar-refractivity contribution is 5.69. The number of nitrogens with zero attached hydrogens (tertiary/aromatic N) is 2. The Labute approximate surface area is 156 Å². The zero-order valence-corrected chi connectivity index (χ0v) is 16.2. The van der Waals surface area contributed by atoms with Gasteiger partial charge in [0.1, 0.15) is 18.0 Å². The van der Waals surface area contributed by atoms with Crippen LogP contribution in [0.5, 0.6) is 5.75 Å². The van der Waals surface area contributed by atoms with Crippen LogP contribution in [0.2, 0.25) is 0 Å². The molecule has 0 radical (unpaired) electrons. The summed E-state index contributed by atoms with van der Waals surface area (Å²) in [5.41, 5.74) is 0.663. The van der Waals surface area contributed by atoms with Crippen LogP contribution in [-0.2, 0) is 4.74 Å². The summed E-state index contributed by atoms with van der Waals surface area (Å²) in [5.74, 6) is 0.894. The van der Waals surface area contributed by atoms with E-state index in [1.165, 1.54) is 0 Å². The molecular weight excluding hydrogens is 330 g/mol. The number of likely N-dealkylation sites (tertiary alicyclic amines) is 1. The molecule has 6 nitrogen and oxygen atoms in total. The molecule has 2 aliphatic heterocycles. The first-order chi connectivity index (χ1) is 12.4. The van der Waals surface area contributed by atoms with Crippen molar-refractivity contribution >= 4 is 11.8 Å². The van der Waals surface area contributed by atoms with Gasteiger partial charge in [-0.15, -0.1) is 0 Å². The Balaban J connectivity index is 1.62. The third-order valence-corrected chi connectivity index (χ3v) is 4.76. The van der Waals surface area contributed by atoms with Crippen LogP contribution in [0.25, 0.3) is 0 Å². The second-order valence-electron chi connectivity index (χ2n) is 7.99. The lowest BCUT2D eigenvalue weighted by Gasteiger charge is -2.32. The molecule has 2 saturated heterocycles. The minimum absolute atomic E-state index is 0.0703. The summed E-state index contributed by atoms with van der Waals surface area (Å²) in [5, 5.41) is 3.38. The number of benzene rings is 1. The van der Waals surface area contributed by atoms with E-state index in [4.69, 9.17) is 9.47 Å². The van der Waals surface area contributed by atoms with Crippen LogP contribution in [0, 0.1) is 0 Å². The fraction of sp³-hybridized carbons (Fsp3) is 0.650. The second kappa shape index (κ2) is 8.16. The van der Waals surface area contributed by atoms with Gasteiger partial charge in [0, 0.05) is 32.7 Å². The van der Waals surface area contributed by atoms with Gasteiger partial charge in [0.2, 0.25) is 0 Å². The zero-order valence-electron chi connectivity index (χ0n) is 16.2. The quantitative estimate of drug-likeness (QED) is 0.894. The molecule has 1 atom stereocenters. The molecule has 1 aromatic carbocycles. The van der Waals surface area contributed by atoms with Crippen LogP contribution >= 0.6 is 0 Å². The first kappa shape index (κ1) is 18.8. The predicted octanol–water partition coefficient (Wildman–Crippen LogP) is 2.87. The van der Waals surface area contributed by atoms with Crippen molar-refractivity contribution < 1.29 is 14.3 Å². The summed E-state index contributed by atoms with van der Waals surface area (Å²) >= 11 is 0. The highest BCUT2D eigenvalue weighted by Crippen LogP contribution is 2.29. The standard InChI is InChI=1S/C20H31N3O3/c1-20(2,3)26-19(24)23-12-6-7-16(23)15-25-18-9-5-4-8-17(18)22-13-10-21-11-14-22/h4-5,8-9,16,21H,6-7,10-15H2,1-3H3. The van der Waals surface area contributed by atoms with Gasteiger partial charge < -0.3 is 24.6 Å². The highest BCUT2D eigenvalue weighted by atomic mass is 16.6. The minimum atomic E-state index is -0.472. The van der Waals surface area contributed by atoms with Crippen molar-refractivity contribution in [2.45, 2.75) is 45.3 Å². The predicted molar refractivity (Wildman–Crippen MR) is 103 cm³/mol. The topological polar surface area (TPSA) is 54.0 Å². The third-order valence-electron chi connectivity index (χ3n) is 4.76. The first-order valence-electron chi connectivity index (χ1n) is 9.61. The van der Waals surface area contributed by atoms with E-state index in [0.717, 1.165) is 57.0 Å². The zero-order chi connectivity index (χ0) is 18.6. The first-order valence-corrected chi connectivity index (χ1v) is 9.61. The second-order valence-corrected chi connectivity index (χ2v) is 7.99. The van der Waals surface area contributed by atoms with E-state index in [1.807, 2.05) is 43.9 Å². The van der Waals surface area contributed by atoms with Crippen molar-refractivity contribution in [1.82, 2.24) is 10.2 Å². The Hall–Kier alpha value is -1.95. The smallest absolute Gasteiger partial charge is 0.410 e. The number of hydrogen-bond donors (Lipinski definition) is 1. The molecule has 26 heavy (non-hydrogen) atoms. The van der Waals surface area contributed by atoms with Gasteiger partial charge in [0.25, 0.3) is 0 Å². The van der Waals surface area contributed by atoms with E-state index in [0.29, 0.717) is 6.61 Å². The molecular formula is C20H31N3O3. The summed E-state index contributed by atoms with van der Waals surface area (Å²) in [6.45, 7) is 10.9. The third kappa shape index (κ3) is 4.81. The van der Waals surface area contributed by atoms with E-state index < -0.39 is 5.60 Å². The van der Waals surface area contributed by atoms with Gasteiger partial charge in [-0.1, -0.05) is 12.1 Å². The highest BCUT2D eigenvalue weighted by Gasteiger charge is 2.32. The molecule has 3 rings (SSSR count). The summed E-state index contributed by atoms with van der Waals surface area (Å²) in [4.78, 5) is 16.6. The SMILES string of the molecule is CC(C)(C)OC(=O)N1CCCC1COc1ccccc1N1CCNCC1. The molecule has 1 N–H and O–H groups in total. The number of carbonyl (C=O) groups excluding carboxylic acids is 1. The summed E-state index contributed by atoms with van der Waals surface area (Å²) in [6.07, 6.45) is 1.71. The van der Waals surface area contributed by atoms with Crippen LogP contribution in [-0.4, -0.2) is 62.0 Å². The van der Waals surface area contributed by atoms with Gasteiger partial charge in [-0.25, -0.2) is 4.79 Å². The fourth-order valence-electron chi connectivity index (χ4n) is 3.50. The molecule has 0 bridgehead atoms. The molecule has 0 aliphatic carbocycles. The Morgan fingerprint density at radius 3 is 2.65 bits per heavy atom. The lowest BCUT2D eigenvalue weighted by molar-refractivity contribution is 0.0187. The van der Waals surface area contributed by atoms with Crippen molar-refractivity contribution in [3.05, 3.63) is 24.3 Å². The monoisotopic (exact) mass is 361 g/mol. The van der Waals surface area contributed by atoms with Crippen molar-refractivity contribution in [2.75, 3.05) is 44.2 Å². The number of rotatable bonds is 4. The van der Waals surface area contributed by atoms with Gasteiger partial charge in [-0.3, -0.25) is 0 Å². The number of anilines is 1. The van der Waals surface area contributed by atoms with E-state index in [9.17, 15) is 4.79 Å². The van der Waals surface area contributed by atoms with Crippen molar-refractivity contribution in [2.24, 2.45) is 0 Å². The van der Waals surface area contributed by atoms with Gasteiger partial charge in [-0.05, 0) is 45.7 Å². The molecule has 6 heteroatoms. The molecule has 2 fully saturated rings. The lowest BCUT2D eigenvalue weighted by atomic mass is 10.2. The van der Waals surface area contributed by atoms with Gasteiger partial charge in [-0.2, -0.15) is 0 Å². The molecule has 2 aliphatic rings. The summed E-state index contributed by atoms with van der Waals surface area (Å²) in [6, 6.07) is 8.25. The number of para-hydroxylation sites is 2. The normalized spacial score (nSPS) is 21.0. The largest absolute Gasteiger partial charge is 0.489 e. The maximum absolute atomic E-state index is 12.4. The van der Waals surface area contributed by atoms with E-state index in [2.05, 4.69) is 16.3 Å². The average molecular weight is 361 g/mol. The van der Waals surface area contributed by atoms with E-state index in [1.54, 1.807) is 0 Å². The molecule has 0 saturated carbocycles. The number of carbonyl (C=O) groups is 1. The van der Waals surface area contributed by atoms with Crippen molar-refractivity contribution in [3.8, 4) is 5.75 Å². The van der Waals surface area contributed by atoms with Crippen LogP contribution in [0.3, 0.4) is 0 Å². The Morgan fingerprint density at radius 1 is 1.19 bits per heavy atom. The van der Waals surface area contributed by atoms with Crippen LogP contribution in [0.4, 0.5) is 10.5 Å². The summed E-state index contributed by atoms with van der Waals surface area (Å²) < 4.78 is 11.7. The van der Waals surface area contributed by atoms with Crippen LogP contribution < -0.4 is 15.0 Å². The lowest BCUT2D eigenvalue weighted by Crippen LogP contribution is -2.44. The van der Waals surface area contributed by atoms with E-state index >= 15 is 0 Å². The van der Waals surface area contributed by atoms with E-state index in [-0.39, 0.29) is 12.1 Å². The number of piperazine rings is 1. The molecule has 0 aromatic heterocycles. The molecule has 1 unspecified atom stereocenters. The fourth-order valence-corrected chi connectivity index (χ4v) is 3.50. The minimum Gasteiger partial charge on any atom is -0.489 e. The molecule has 0 spiro atoms. The maximum atomic E-state index is 12.4. The van der Waals surface area contributed by atoms with Crippen LogP contribution in [0.1, 0.15) is 33.6 Å². The van der Waals surface area contributed by atoms with Gasteiger partial charge in [0.15, 0.2) is 0 Å². The molecule has 144 valence electrons. The van der Waals surface area contributed by atoms with Gasteiger partial charge in [0.05, 0.1) is 11.7 Å². The Bertz CT molecular complexity index is 609. The van der Waals surface area contributed by atoms with Gasteiger partial charge >= 0.3 is 6.09 Å². The number of amides is 1. The number of ether oxygens (including phenoxy) is 2. The maximum Gasteiger partial charge on any atom is 0.410 e. The molecule has 2 heterocycles. The van der Waals surface area contributed by atoms with Crippen LogP contribution in [0.15, 0.2) is 24.3 Å². The Kier molecular flexibility index (Phi) is 5.91. The van der Waals surface area contributed by atoms with Crippen molar-refractivity contribution in [3.63, 3.8) is 0 Å². The van der Waals surface area contributed by atoms with Crippen molar-refractivity contribution in [1.29, 1.82) is 0 Å². The average Bonchev–Trinajstić information content (AvgIpc) is 3.08. The summed E-state index contributed by atoms with van der Waals surface area (Å²) in [7, 11) is 0. The number of hydrogen-bond acceptors (Lipinski definition) is 5. The molecule has 1 aromatic rings. The molecule has 1 amide bonds. The number of nitrogens with one attached hydrogen (secondary N) is 1.